The van der Waals surface area contributed by atoms with Crippen LogP contribution in [0, 0.1) is 0 Å². The highest BCUT2D eigenvalue weighted by molar-refractivity contribution is 9.10. The third kappa shape index (κ3) is 3.48. The van der Waals surface area contributed by atoms with Gasteiger partial charge in [0.05, 0.1) is 17.5 Å². The summed E-state index contributed by atoms with van der Waals surface area (Å²) in [6.07, 6.45) is 5.98. The molecular weight excluding hydrogens is 388 g/mol. The van der Waals surface area contributed by atoms with E-state index in [9.17, 15) is 14.4 Å². The van der Waals surface area contributed by atoms with Gasteiger partial charge in [0, 0.05) is 30.0 Å². The van der Waals surface area contributed by atoms with E-state index in [-0.39, 0.29) is 5.91 Å². The Hall–Kier alpha value is -2.48. The van der Waals surface area contributed by atoms with Crippen molar-refractivity contribution in [2.75, 3.05) is 6.54 Å². The monoisotopic (exact) mass is 404 g/mol. The molecule has 2 heterocycles. The molecule has 0 saturated heterocycles. The Morgan fingerprint density at radius 2 is 2.04 bits per heavy atom. The number of hydrogen-bond donors (Lipinski definition) is 1. The summed E-state index contributed by atoms with van der Waals surface area (Å²) in [5, 5.41) is 2.77. The van der Waals surface area contributed by atoms with Gasteiger partial charge < -0.3 is 9.88 Å². The predicted octanol–water partition coefficient (Wildman–Crippen LogP) is 1.84. The number of halogens is 1. The maximum Gasteiger partial charge on any atom is 0.262 e. The fraction of sp³-hybridized carbons (Fsp3) is 0.294. The number of benzene rings is 1. The van der Waals surface area contributed by atoms with Crippen LogP contribution in [-0.2, 0) is 11.3 Å². The van der Waals surface area contributed by atoms with Gasteiger partial charge in [0.1, 0.15) is 6.04 Å². The maximum atomic E-state index is 12.5. The molecule has 1 atom stereocenters. The summed E-state index contributed by atoms with van der Waals surface area (Å²) in [7, 11) is 0. The van der Waals surface area contributed by atoms with Crippen LogP contribution in [0.25, 0.3) is 0 Å². The zero-order valence-corrected chi connectivity index (χ0v) is 15.2. The van der Waals surface area contributed by atoms with Gasteiger partial charge in [-0.15, -0.1) is 0 Å². The van der Waals surface area contributed by atoms with Crippen LogP contribution < -0.4 is 5.32 Å². The molecule has 0 bridgehead atoms. The van der Waals surface area contributed by atoms with Crippen molar-refractivity contribution in [3.8, 4) is 0 Å². The van der Waals surface area contributed by atoms with E-state index >= 15 is 0 Å². The van der Waals surface area contributed by atoms with Crippen LogP contribution in [0.3, 0.4) is 0 Å². The minimum absolute atomic E-state index is 0.319. The number of carbonyl (C=O) groups is 3. The van der Waals surface area contributed by atoms with Crippen LogP contribution in [0.2, 0.25) is 0 Å². The summed E-state index contributed by atoms with van der Waals surface area (Å²) >= 11 is 3.29. The lowest BCUT2D eigenvalue weighted by Gasteiger charge is -2.21. The van der Waals surface area contributed by atoms with Gasteiger partial charge in [0.15, 0.2) is 0 Å². The summed E-state index contributed by atoms with van der Waals surface area (Å²) in [4.78, 5) is 42.2. The molecule has 0 aliphatic carbocycles. The Balaban J connectivity index is 1.59. The minimum Gasteiger partial charge on any atom is -0.354 e. The molecule has 8 heteroatoms. The van der Waals surface area contributed by atoms with Crippen molar-refractivity contribution in [3.05, 3.63) is 52.5 Å². The number of rotatable bonds is 6. The first-order chi connectivity index (χ1) is 12.0. The van der Waals surface area contributed by atoms with Crippen molar-refractivity contribution < 1.29 is 14.4 Å². The molecule has 2 aromatic rings. The quantitative estimate of drug-likeness (QED) is 0.587. The molecule has 3 rings (SSSR count). The molecule has 130 valence electrons. The molecular formula is C17H17BrN4O3. The molecule has 3 amide bonds. The number of amides is 3. The minimum atomic E-state index is -0.862. The summed E-state index contributed by atoms with van der Waals surface area (Å²) in [5.74, 6) is -1.23. The number of aryl methyl sites for hydroxylation is 1. The molecule has 1 aromatic carbocycles. The molecule has 25 heavy (non-hydrogen) atoms. The average Bonchev–Trinajstić information content (AvgIpc) is 3.18. The third-order valence-corrected chi connectivity index (χ3v) is 4.59. The van der Waals surface area contributed by atoms with Crippen molar-refractivity contribution in [2.24, 2.45) is 0 Å². The molecule has 0 spiro atoms. The largest absolute Gasteiger partial charge is 0.354 e. The molecule has 1 N–H and O–H groups in total. The van der Waals surface area contributed by atoms with Crippen molar-refractivity contribution in [1.29, 1.82) is 0 Å². The maximum absolute atomic E-state index is 12.5. The Morgan fingerprint density at radius 3 is 2.76 bits per heavy atom. The van der Waals surface area contributed by atoms with Gasteiger partial charge in [-0.3, -0.25) is 19.3 Å². The standard InChI is InChI=1S/C17H17BrN4O3/c1-11(15(23)20-5-2-7-21-8-6-19-10-21)22-16(24)13-4-3-12(18)9-14(13)17(22)25/h3-4,6,8-11H,2,5,7H2,1H3,(H,20,23). The Kier molecular flexibility index (Phi) is 4.98. The predicted molar refractivity (Wildman–Crippen MR) is 94.0 cm³/mol. The number of imide groups is 1. The van der Waals surface area contributed by atoms with Crippen LogP contribution in [0.5, 0.6) is 0 Å². The van der Waals surface area contributed by atoms with Crippen LogP contribution in [-0.4, -0.2) is 44.8 Å². The molecule has 1 aromatic heterocycles. The van der Waals surface area contributed by atoms with E-state index in [2.05, 4.69) is 26.2 Å². The number of nitrogens with zero attached hydrogens (tertiary/aromatic N) is 3. The topological polar surface area (TPSA) is 84.3 Å². The Bertz CT molecular complexity index is 819. The third-order valence-electron chi connectivity index (χ3n) is 4.10. The first-order valence-electron chi connectivity index (χ1n) is 7.90. The number of hydrogen-bond acceptors (Lipinski definition) is 4. The van der Waals surface area contributed by atoms with E-state index in [4.69, 9.17) is 0 Å². The number of imidazole rings is 1. The lowest BCUT2D eigenvalue weighted by atomic mass is 10.1. The van der Waals surface area contributed by atoms with E-state index in [0.717, 1.165) is 17.9 Å². The first-order valence-corrected chi connectivity index (χ1v) is 8.69. The molecule has 1 aliphatic heterocycles. The van der Waals surface area contributed by atoms with E-state index < -0.39 is 17.9 Å². The van der Waals surface area contributed by atoms with Crippen molar-refractivity contribution >= 4 is 33.7 Å². The second-order valence-electron chi connectivity index (χ2n) is 5.79. The van der Waals surface area contributed by atoms with Crippen LogP contribution in [0.4, 0.5) is 0 Å². The summed E-state index contributed by atoms with van der Waals surface area (Å²) in [6, 6.07) is 4.04. The van der Waals surface area contributed by atoms with Gasteiger partial charge in [0.25, 0.3) is 11.8 Å². The van der Waals surface area contributed by atoms with Crippen molar-refractivity contribution in [3.63, 3.8) is 0 Å². The fourth-order valence-electron chi connectivity index (χ4n) is 2.74. The smallest absolute Gasteiger partial charge is 0.262 e. The number of fused-ring (bicyclic) bond motifs is 1. The van der Waals surface area contributed by atoms with Crippen molar-refractivity contribution in [2.45, 2.75) is 25.9 Å². The van der Waals surface area contributed by atoms with E-state index in [1.54, 1.807) is 37.6 Å². The number of nitrogens with one attached hydrogen (secondary N) is 1. The average molecular weight is 405 g/mol. The zero-order chi connectivity index (χ0) is 18.0. The van der Waals surface area contributed by atoms with E-state index in [1.807, 2.05) is 10.8 Å². The van der Waals surface area contributed by atoms with E-state index in [1.165, 1.54) is 0 Å². The van der Waals surface area contributed by atoms with Crippen molar-refractivity contribution in [1.82, 2.24) is 19.8 Å². The first kappa shape index (κ1) is 17.3. The van der Waals surface area contributed by atoms with Gasteiger partial charge in [-0.1, -0.05) is 15.9 Å². The van der Waals surface area contributed by atoms with Crippen LogP contribution in [0.1, 0.15) is 34.1 Å². The van der Waals surface area contributed by atoms with E-state index in [0.29, 0.717) is 22.1 Å². The molecule has 7 nitrogen and oxygen atoms in total. The zero-order valence-electron chi connectivity index (χ0n) is 13.6. The summed E-state index contributed by atoms with van der Waals surface area (Å²) in [6.45, 7) is 2.74. The molecule has 0 saturated carbocycles. The summed E-state index contributed by atoms with van der Waals surface area (Å²) < 4.78 is 2.63. The molecule has 0 radical (unpaired) electrons. The highest BCUT2D eigenvalue weighted by atomic mass is 79.9. The molecule has 1 aliphatic rings. The SMILES string of the molecule is CC(C(=O)NCCCn1ccnc1)N1C(=O)c2ccc(Br)cc2C1=O. The van der Waals surface area contributed by atoms with Gasteiger partial charge in [-0.25, -0.2) is 4.98 Å². The second kappa shape index (κ2) is 7.18. The van der Waals surface area contributed by atoms with Crippen LogP contribution in [0.15, 0.2) is 41.4 Å². The normalized spacial score (nSPS) is 14.6. The Labute approximate surface area is 153 Å². The lowest BCUT2D eigenvalue weighted by Crippen LogP contribution is -2.48. The van der Waals surface area contributed by atoms with Gasteiger partial charge in [-0.05, 0) is 31.5 Å². The number of carbonyl (C=O) groups excluding carboxylic acids is 3. The fourth-order valence-corrected chi connectivity index (χ4v) is 3.10. The number of aromatic nitrogens is 2. The van der Waals surface area contributed by atoms with Crippen LogP contribution >= 0.6 is 15.9 Å². The van der Waals surface area contributed by atoms with Gasteiger partial charge in [-0.2, -0.15) is 0 Å². The molecule has 1 unspecified atom stereocenters. The lowest BCUT2D eigenvalue weighted by molar-refractivity contribution is -0.124. The molecule has 0 fully saturated rings. The highest BCUT2D eigenvalue weighted by Crippen LogP contribution is 2.27. The second-order valence-corrected chi connectivity index (χ2v) is 6.71. The van der Waals surface area contributed by atoms with Gasteiger partial charge >= 0.3 is 0 Å². The summed E-state index contributed by atoms with van der Waals surface area (Å²) in [5.41, 5.74) is 0.645. The highest BCUT2D eigenvalue weighted by Gasteiger charge is 2.40. The van der Waals surface area contributed by atoms with Gasteiger partial charge in [0.2, 0.25) is 5.91 Å². The Morgan fingerprint density at radius 1 is 1.28 bits per heavy atom.